The highest BCUT2D eigenvalue weighted by molar-refractivity contribution is 5.90. The van der Waals surface area contributed by atoms with E-state index in [1.54, 1.807) is 18.3 Å². The number of carbonyl (C=O) groups is 1. The molecule has 0 bridgehead atoms. The van der Waals surface area contributed by atoms with Gasteiger partial charge in [-0.2, -0.15) is 0 Å². The smallest absolute Gasteiger partial charge is 0.224 e. The molecule has 4 nitrogen and oxygen atoms in total. The second-order valence-electron chi connectivity index (χ2n) is 7.14. The van der Waals surface area contributed by atoms with Crippen molar-refractivity contribution in [2.45, 2.75) is 46.1 Å². The van der Waals surface area contributed by atoms with E-state index in [4.69, 9.17) is 0 Å². The summed E-state index contributed by atoms with van der Waals surface area (Å²) in [5, 5.41) is 2.94. The summed E-state index contributed by atoms with van der Waals surface area (Å²) in [6.45, 7) is 7.06. The quantitative estimate of drug-likeness (QED) is 0.597. The number of nitrogens with one attached hydrogen (secondary N) is 1. The van der Waals surface area contributed by atoms with E-state index in [0.29, 0.717) is 18.8 Å². The number of hydrogen-bond acceptors (Lipinski definition) is 2. The summed E-state index contributed by atoms with van der Waals surface area (Å²) in [5.41, 5.74) is 3.90. The maximum Gasteiger partial charge on any atom is 0.224 e. The largest absolute Gasteiger partial charge is 0.328 e. The Kier molecular flexibility index (Phi) is 6.24. The van der Waals surface area contributed by atoms with E-state index in [2.05, 4.69) is 28.7 Å². The molecule has 2 aromatic carbocycles. The van der Waals surface area contributed by atoms with Gasteiger partial charge in [0.05, 0.1) is 11.9 Å². The predicted octanol–water partition coefficient (Wildman–Crippen LogP) is 5.40. The molecular weight excluding hydrogens is 353 g/mol. The molecule has 5 heteroatoms. The zero-order valence-corrected chi connectivity index (χ0v) is 16.6. The average Bonchev–Trinajstić information content (AvgIpc) is 3.10. The zero-order valence-electron chi connectivity index (χ0n) is 16.6. The lowest BCUT2D eigenvalue weighted by Gasteiger charge is -2.11. The molecular formula is C23H26FN3O. The van der Waals surface area contributed by atoms with Gasteiger partial charge in [0.15, 0.2) is 0 Å². The molecule has 0 saturated carbocycles. The molecule has 1 heterocycles. The molecule has 0 aliphatic carbocycles. The number of halogens is 1. The summed E-state index contributed by atoms with van der Waals surface area (Å²) in [4.78, 5) is 16.8. The van der Waals surface area contributed by atoms with Crippen molar-refractivity contribution in [2.24, 2.45) is 0 Å². The number of carbonyl (C=O) groups excluding carboxylic acids is 1. The maximum atomic E-state index is 13.2. The molecule has 28 heavy (non-hydrogen) atoms. The third kappa shape index (κ3) is 4.66. The molecule has 0 saturated heterocycles. The van der Waals surface area contributed by atoms with Gasteiger partial charge >= 0.3 is 0 Å². The Hall–Kier alpha value is -2.95. The molecule has 0 unspecified atom stereocenters. The number of amides is 1. The minimum absolute atomic E-state index is 0.0358. The lowest BCUT2D eigenvalue weighted by molar-refractivity contribution is -0.116. The number of benzene rings is 2. The lowest BCUT2D eigenvalue weighted by Crippen LogP contribution is -2.14. The Bertz CT molecular complexity index is 927. The number of nitrogens with zero attached hydrogens (tertiary/aromatic N) is 2. The van der Waals surface area contributed by atoms with E-state index in [1.807, 2.05) is 31.2 Å². The summed E-state index contributed by atoms with van der Waals surface area (Å²) in [7, 11) is 0. The fourth-order valence-electron chi connectivity index (χ4n) is 3.22. The van der Waals surface area contributed by atoms with E-state index >= 15 is 0 Å². The SMILES string of the molecule is CCn1c(-c2ccc(F)cc2)cnc1CCC(=O)Nc1ccc(C(C)C)cc1. The van der Waals surface area contributed by atoms with E-state index in [-0.39, 0.29) is 11.7 Å². The topological polar surface area (TPSA) is 46.9 Å². The molecule has 0 spiro atoms. The lowest BCUT2D eigenvalue weighted by atomic mass is 10.0. The maximum absolute atomic E-state index is 13.2. The molecule has 1 amide bonds. The van der Waals surface area contributed by atoms with Crippen molar-refractivity contribution >= 4 is 11.6 Å². The third-order valence-corrected chi connectivity index (χ3v) is 4.83. The van der Waals surface area contributed by atoms with E-state index in [1.165, 1.54) is 17.7 Å². The summed E-state index contributed by atoms with van der Waals surface area (Å²) >= 11 is 0. The Morgan fingerprint density at radius 3 is 2.39 bits per heavy atom. The van der Waals surface area contributed by atoms with Gasteiger partial charge in [-0.05, 0) is 60.4 Å². The monoisotopic (exact) mass is 379 g/mol. The van der Waals surface area contributed by atoms with Crippen LogP contribution in [0.25, 0.3) is 11.3 Å². The van der Waals surface area contributed by atoms with Crippen molar-refractivity contribution in [2.75, 3.05) is 5.32 Å². The van der Waals surface area contributed by atoms with Crippen LogP contribution in [-0.4, -0.2) is 15.5 Å². The van der Waals surface area contributed by atoms with Gasteiger partial charge in [-0.1, -0.05) is 26.0 Å². The number of hydrogen-bond donors (Lipinski definition) is 1. The second kappa shape index (κ2) is 8.83. The van der Waals surface area contributed by atoms with E-state index < -0.39 is 0 Å². The van der Waals surface area contributed by atoms with Crippen molar-refractivity contribution < 1.29 is 9.18 Å². The highest BCUT2D eigenvalue weighted by Gasteiger charge is 2.12. The molecule has 3 rings (SSSR count). The average molecular weight is 379 g/mol. The van der Waals surface area contributed by atoms with Crippen LogP contribution in [0.5, 0.6) is 0 Å². The van der Waals surface area contributed by atoms with Crippen LogP contribution in [0, 0.1) is 5.82 Å². The van der Waals surface area contributed by atoms with Crippen LogP contribution >= 0.6 is 0 Å². The van der Waals surface area contributed by atoms with Crippen LogP contribution in [0.3, 0.4) is 0 Å². The van der Waals surface area contributed by atoms with Gasteiger partial charge in [0, 0.05) is 25.1 Å². The fraction of sp³-hybridized carbons (Fsp3) is 0.304. The van der Waals surface area contributed by atoms with Gasteiger partial charge in [0.1, 0.15) is 11.6 Å². The number of imidazole rings is 1. The standard InChI is InChI=1S/C23H26FN3O/c1-4-27-21(18-5-9-19(24)10-6-18)15-25-22(27)13-14-23(28)26-20-11-7-17(8-12-20)16(2)3/h5-12,15-16H,4,13-14H2,1-3H3,(H,26,28). The van der Waals surface area contributed by atoms with Gasteiger partial charge in [-0.3, -0.25) is 4.79 Å². The first-order chi connectivity index (χ1) is 13.5. The molecule has 0 aliphatic rings. The fourth-order valence-corrected chi connectivity index (χ4v) is 3.22. The Morgan fingerprint density at radius 2 is 1.79 bits per heavy atom. The minimum Gasteiger partial charge on any atom is -0.328 e. The number of aryl methyl sites for hydroxylation is 1. The molecule has 0 fully saturated rings. The van der Waals surface area contributed by atoms with Gasteiger partial charge in [-0.15, -0.1) is 0 Å². The van der Waals surface area contributed by atoms with Gasteiger partial charge < -0.3 is 9.88 Å². The van der Waals surface area contributed by atoms with Crippen molar-refractivity contribution in [1.82, 2.24) is 9.55 Å². The highest BCUT2D eigenvalue weighted by atomic mass is 19.1. The first kappa shape index (κ1) is 19.8. The molecule has 1 N–H and O–H groups in total. The number of rotatable bonds is 7. The van der Waals surface area contributed by atoms with Gasteiger partial charge in [0.25, 0.3) is 0 Å². The molecule has 146 valence electrons. The Morgan fingerprint density at radius 1 is 1.11 bits per heavy atom. The zero-order chi connectivity index (χ0) is 20.1. The summed E-state index contributed by atoms with van der Waals surface area (Å²) < 4.78 is 15.2. The normalized spacial score (nSPS) is 11.0. The van der Waals surface area contributed by atoms with Crippen LogP contribution in [0.15, 0.2) is 54.7 Å². The van der Waals surface area contributed by atoms with Crippen molar-refractivity contribution in [3.63, 3.8) is 0 Å². The van der Waals surface area contributed by atoms with Crippen LogP contribution in [0.4, 0.5) is 10.1 Å². The molecule has 3 aromatic rings. The van der Waals surface area contributed by atoms with Crippen molar-refractivity contribution in [3.05, 3.63) is 71.9 Å². The van der Waals surface area contributed by atoms with Crippen LogP contribution in [0.1, 0.15) is 44.5 Å². The van der Waals surface area contributed by atoms with Crippen molar-refractivity contribution in [3.8, 4) is 11.3 Å². The van der Waals surface area contributed by atoms with Gasteiger partial charge in [-0.25, -0.2) is 9.37 Å². The second-order valence-corrected chi connectivity index (χ2v) is 7.14. The number of anilines is 1. The van der Waals surface area contributed by atoms with E-state index in [9.17, 15) is 9.18 Å². The third-order valence-electron chi connectivity index (χ3n) is 4.83. The predicted molar refractivity (Wildman–Crippen MR) is 111 cm³/mol. The first-order valence-corrected chi connectivity index (χ1v) is 9.68. The molecule has 0 radical (unpaired) electrons. The van der Waals surface area contributed by atoms with Gasteiger partial charge in [0.2, 0.25) is 5.91 Å². The number of aromatic nitrogens is 2. The Balaban J connectivity index is 1.64. The first-order valence-electron chi connectivity index (χ1n) is 9.68. The molecule has 0 atom stereocenters. The van der Waals surface area contributed by atoms with Crippen LogP contribution in [0.2, 0.25) is 0 Å². The summed E-state index contributed by atoms with van der Waals surface area (Å²) in [5.74, 6) is 1.02. The molecule has 1 aromatic heterocycles. The van der Waals surface area contributed by atoms with Crippen molar-refractivity contribution in [1.29, 1.82) is 0 Å². The molecule has 0 aliphatic heterocycles. The van der Waals surface area contributed by atoms with Crippen LogP contribution in [-0.2, 0) is 17.8 Å². The summed E-state index contributed by atoms with van der Waals surface area (Å²) in [6.07, 6.45) is 2.69. The van der Waals surface area contributed by atoms with Crippen LogP contribution < -0.4 is 5.32 Å². The summed E-state index contributed by atoms with van der Waals surface area (Å²) in [6, 6.07) is 14.3. The minimum atomic E-state index is -0.260. The highest BCUT2D eigenvalue weighted by Crippen LogP contribution is 2.22. The van der Waals surface area contributed by atoms with E-state index in [0.717, 1.165) is 29.3 Å². The Labute approximate surface area is 165 Å².